The SMILES string of the molecule is O=C1CN(S(=O)(=O)c2cc3cc(Cl)c(Cl)cc3o2)C(=S)N1. The van der Waals surface area contributed by atoms with E-state index in [1.165, 1.54) is 18.2 Å². The third kappa shape index (κ3) is 2.38. The van der Waals surface area contributed by atoms with Crippen molar-refractivity contribution < 1.29 is 17.6 Å². The molecule has 2 aromatic rings. The van der Waals surface area contributed by atoms with Gasteiger partial charge in [0.2, 0.25) is 11.0 Å². The van der Waals surface area contributed by atoms with Gasteiger partial charge >= 0.3 is 0 Å². The summed E-state index contributed by atoms with van der Waals surface area (Å²) in [5.41, 5.74) is 0.271. The van der Waals surface area contributed by atoms with Gasteiger partial charge in [-0.25, -0.2) is 4.31 Å². The quantitative estimate of drug-likeness (QED) is 0.825. The van der Waals surface area contributed by atoms with Crippen LogP contribution in [0.4, 0.5) is 0 Å². The van der Waals surface area contributed by atoms with Gasteiger partial charge in [0.15, 0.2) is 5.11 Å². The van der Waals surface area contributed by atoms with Crippen LogP contribution >= 0.6 is 35.4 Å². The lowest BCUT2D eigenvalue weighted by atomic mass is 10.3. The summed E-state index contributed by atoms with van der Waals surface area (Å²) in [6.07, 6.45) is 0. The third-order valence-electron chi connectivity index (χ3n) is 2.84. The van der Waals surface area contributed by atoms with E-state index in [1.54, 1.807) is 0 Å². The van der Waals surface area contributed by atoms with Crippen LogP contribution in [0.25, 0.3) is 11.0 Å². The van der Waals surface area contributed by atoms with Crippen LogP contribution in [-0.4, -0.2) is 30.3 Å². The first-order chi connectivity index (χ1) is 9.79. The number of carbonyl (C=O) groups excluding carboxylic acids is 1. The Labute approximate surface area is 134 Å². The lowest BCUT2D eigenvalue weighted by Crippen LogP contribution is -2.33. The second kappa shape index (κ2) is 4.84. The summed E-state index contributed by atoms with van der Waals surface area (Å²) in [5, 5.41) is 2.73. The van der Waals surface area contributed by atoms with Gasteiger partial charge in [-0.15, -0.1) is 0 Å². The molecule has 0 bridgehead atoms. The summed E-state index contributed by atoms with van der Waals surface area (Å²) in [5.74, 6) is -0.495. The predicted octanol–water partition coefficient (Wildman–Crippen LogP) is 2.15. The van der Waals surface area contributed by atoms with Gasteiger partial charge in [-0.2, -0.15) is 8.42 Å². The maximum absolute atomic E-state index is 12.4. The lowest BCUT2D eigenvalue weighted by molar-refractivity contribution is -0.118. The van der Waals surface area contributed by atoms with Crippen molar-refractivity contribution in [3.8, 4) is 0 Å². The van der Waals surface area contributed by atoms with Crippen LogP contribution < -0.4 is 5.32 Å². The molecule has 0 spiro atoms. The molecule has 3 rings (SSSR count). The minimum absolute atomic E-state index is 0.184. The number of hydrogen-bond acceptors (Lipinski definition) is 5. The fourth-order valence-corrected chi connectivity index (χ4v) is 3.90. The zero-order valence-corrected chi connectivity index (χ0v) is 13.2. The minimum Gasteiger partial charge on any atom is -0.443 e. The Hall–Kier alpha value is -1.35. The molecule has 10 heteroatoms. The minimum atomic E-state index is -4.05. The summed E-state index contributed by atoms with van der Waals surface area (Å²) in [6, 6.07) is 4.22. The fourth-order valence-electron chi connectivity index (χ4n) is 1.86. The monoisotopic (exact) mass is 364 g/mol. The Morgan fingerprint density at radius 3 is 2.52 bits per heavy atom. The van der Waals surface area contributed by atoms with Crippen LogP contribution in [0.3, 0.4) is 0 Å². The van der Waals surface area contributed by atoms with Gasteiger partial charge in [0, 0.05) is 17.5 Å². The maximum atomic E-state index is 12.4. The van der Waals surface area contributed by atoms with Crippen molar-refractivity contribution >= 4 is 67.4 Å². The molecule has 1 fully saturated rings. The number of nitrogens with zero attached hydrogens (tertiary/aromatic N) is 1. The van der Waals surface area contributed by atoms with Crippen molar-refractivity contribution in [1.82, 2.24) is 9.62 Å². The van der Waals surface area contributed by atoms with E-state index in [0.29, 0.717) is 5.39 Å². The Bertz CT molecular complexity index is 852. The van der Waals surface area contributed by atoms with Gasteiger partial charge < -0.3 is 9.73 Å². The molecule has 1 saturated heterocycles. The van der Waals surface area contributed by atoms with Crippen LogP contribution in [0.5, 0.6) is 0 Å². The normalized spacial score (nSPS) is 15.8. The average Bonchev–Trinajstić information content (AvgIpc) is 2.94. The number of hydrogen-bond donors (Lipinski definition) is 1. The number of halogens is 2. The smallest absolute Gasteiger partial charge is 0.300 e. The van der Waals surface area contributed by atoms with Crippen LogP contribution in [0, 0.1) is 0 Å². The molecule has 1 aromatic heterocycles. The molecule has 1 amide bonds. The summed E-state index contributed by atoms with van der Waals surface area (Å²) in [6.45, 7) is -0.375. The molecule has 0 radical (unpaired) electrons. The first-order valence-electron chi connectivity index (χ1n) is 5.54. The van der Waals surface area contributed by atoms with Crippen molar-refractivity contribution in [3.63, 3.8) is 0 Å². The number of rotatable bonds is 2. The summed E-state index contributed by atoms with van der Waals surface area (Å²) in [4.78, 5) is 11.2. The van der Waals surface area contributed by atoms with Crippen LogP contribution in [0.2, 0.25) is 10.0 Å². The van der Waals surface area contributed by atoms with E-state index in [-0.39, 0.29) is 32.4 Å². The molecule has 0 aliphatic carbocycles. The second-order valence-electron chi connectivity index (χ2n) is 4.23. The zero-order chi connectivity index (χ0) is 15.4. The molecule has 110 valence electrons. The number of furan rings is 1. The van der Waals surface area contributed by atoms with Gasteiger partial charge in [0.05, 0.1) is 10.0 Å². The van der Waals surface area contributed by atoms with E-state index in [4.69, 9.17) is 39.8 Å². The summed E-state index contributed by atoms with van der Waals surface area (Å²) in [7, 11) is -4.05. The Morgan fingerprint density at radius 2 is 1.90 bits per heavy atom. The highest BCUT2D eigenvalue weighted by Gasteiger charge is 2.36. The molecule has 1 aromatic carbocycles. The molecular weight excluding hydrogens is 359 g/mol. The first kappa shape index (κ1) is 14.6. The number of thiocarbonyl (C=S) groups is 1. The van der Waals surface area contributed by atoms with E-state index in [2.05, 4.69) is 5.32 Å². The Balaban J connectivity index is 2.11. The molecule has 0 unspecified atom stereocenters. The van der Waals surface area contributed by atoms with Crippen LogP contribution in [-0.2, 0) is 14.8 Å². The second-order valence-corrected chi connectivity index (χ2v) is 7.23. The molecular formula is C11H6Cl2N2O4S2. The van der Waals surface area contributed by atoms with Gasteiger partial charge in [-0.05, 0) is 18.3 Å². The molecule has 0 atom stereocenters. The van der Waals surface area contributed by atoms with E-state index in [0.717, 1.165) is 4.31 Å². The molecule has 21 heavy (non-hydrogen) atoms. The van der Waals surface area contributed by atoms with Crippen molar-refractivity contribution in [3.05, 3.63) is 28.2 Å². The van der Waals surface area contributed by atoms with E-state index >= 15 is 0 Å². The number of benzene rings is 1. The number of amides is 1. The van der Waals surface area contributed by atoms with Gasteiger partial charge in [-0.1, -0.05) is 23.2 Å². The summed E-state index contributed by atoms with van der Waals surface area (Å²) < 4.78 is 30.9. The van der Waals surface area contributed by atoms with Crippen LogP contribution in [0.1, 0.15) is 0 Å². The van der Waals surface area contributed by atoms with Gasteiger partial charge in [0.25, 0.3) is 10.0 Å². The first-order valence-corrected chi connectivity index (χ1v) is 8.14. The average molecular weight is 365 g/mol. The van der Waals surface area contributed by atoms with Crippen molar-refractivity contribution in [1.29, 1.82) is 0 Å². The Kier molecular flexibility index (Phi) is 3.36. The number of fused-ring (bicyclic) bond motifs is 1. The van der Waals surface area contributed by atoms with E-state index < -0.39 is 15.9 Å². The molecule has 1 N–H and O–H groups in total. The predicted molar refractivity (Wildman–Crippen MR) is 80.9 cm³/mol. The molecule has 0 saturated carbocycles. The maximum Gasteiger partial charge on any atom is 0.300 e. The summed E-state index contributed by atoms with van der Waals surface area (Å²) >= 11 is 16.5. The largest absolute Gasteiger partial charge is 0.443 e. The third-order valence-corrected chi connectivity index (χ3v) is 5.60. The number of sulfonamides is 1. The van der Waals surface area contributed by atoms with Crippen molar-refractivity contribution in [2.24, 2.45) is 0 Å². The highest BCUT2D eigenvalue weighted by atomic mass is 35.5. The van der Waals surface area contributed by atoms with Crippen molar-refractivity contribution in [2.45, 2.75) is 5.09 Å². The van der Waals surface area contributed by atoms with Gasteiger partial charge in [0.1, 0.15) is 12.1 Å². The molecule has 1 aliphatic heterocycles. The van der Waals surface area contributed by atoms with Crippen molar-refractivity contribution in [2.75, 3.05) is 6.54 Å². The highest BCUT2D eigenvalue weighted by molar-refractivity contribution is 7.91. The van der Waals surface area contributed by atoms with E-state index in [1.807, 2.05) is 0 Å². The number of nitrogens with one attached hydrogen (secondary N) is 1. The van der Waals surface area contributed by atoms with E-state index in [9.17, 15) is 13.2 Å². The topological polar surface area (TPSA) is 79.6 Å². The highest BCUT2D eigenvalue weighted by Crippen LogP contribution is 2.32. The fraction of sp³-hybridized carbons (Fsp3) is 0.0909. The lowest BCUT2D eigenvalue weighted by Gasteiger charge is -2.13. The molecule has 6 nitrogen and oxygen atoms in total. The molecule has 1 aliphatic rings. The standard InChI is InChI=1S/C11H6Cl2N2O4S2/c12-6-1-5-2-10(19-8(5)3-7(6)13)21(17,18)15-4-9(16)14-11(15)20/h1-3H,4H2,(H,14,16,20). The molecule has 2 heterocycles. The van der Waals surface area contributed by atoms with Gasteiger partial charge in [-0.3, -0.25) is 4.79 Å². The zero-order valence-electron chi connectivity index (χ0n) is 10.1. The Morgan fingerprint density at radius 1 is 1.24 bits per heavy atom. The van der Waals surface area contributed by atoms with Crippen LogP contribution in [0.15, 0.2) is 27.7 Å². The number of carbonyl (C=O) groups is 1.